The van der Waals surface area contributed by atoms with Crippen LogP contribution < -0.4 is 0 Å². The second kappa shape index (κ2) is 11.2. The van der Waals surface area contributed by atoms with E-state index >= 15 is 0 Å². The molecule has 1 aromatic rings. The molecule has 0 spiro atoms. The first-order chi connectivity index (χ1) is 13.1. The molecule has 4 nitrogen and oxygen atoms in total. The minimum absolute atomic E-state index is 0.118. The molecule has 0 unspecified atom stereocenters. The average Bonchev–Trinajstić information content (AvgIpc) is 2.62. The van der Waals surface area contributed by atoms with Gasteiger partial charge in [0.2, 0.25) is 0 Å². The van der Waals surface area contributed by atoms with Crippen LogP contribution >= 0.6 is 0 Å². The Balaban J connectivity index is 2.46. The molecule has 28 heavy (non-hydrogen) atoms. The third-order valence-electron chi connectivity index (χ3n) is 5.52. The van der Waals surface area contributed by atoms with Crippen LogP contribution in [0, 0.1) is 10.8 Å². The number of carbonyl (C=O) groups excluding carboxylic acids is 1. The van der Waals surface area contributed by atoms with E-state index in [2.05, 4.69) is 24.3 Å². The zero-order chi connectivity index (χ0) is 21.2. The number of carboxylic acid groups (broad SMARTS) is 1. The molecule has 0 aromatic heterocycles. The van der Waals surface area contributed by atoms with Gasteiger partial charge in [-0.1, -0.05) is 37.1 Å². The van der Waals surface area contributed by atoms with Crippen molar-refractivity contribution in [3.8, 4) is 0 Å². The molecule has 0 amide bonds. The van der Waals surface area contributed by atoms with Gasteiger partial charge in [-0.25, -0.2) is 0 Å². The van der Waals surface area contributed by atoms with E-state index in [-0.39, 0.29) is 5.97 Å². The third kappa shape index (κ3) is 8.04. The van der Waals surface area contributed by atoms with Crippen LogP contribution in [0.3, 0.4) is 0 Å². The summed E-state index contributed by atoms with van der Waals surface area (Å²) in [6, 6.07) is 8.52. The Labute approximate surface area is 170 Å². The molecule has 0 bridgehead atoms. The Morgan fingerprint density at radius 1 is 0.857 bits per heavy atom. The number of carbonyl (C=O) groups is 2. The lowest BCUT2D eigenvalue weighted by Crippen LogP contribution is -2.26. The lowest BCUT2D eigenvalue weighted by Gasteiger charge is -2.22. The largest absolute Gasteiger partial charge is 0.481 e. The van der Waals surface area contributed by atoms with Gasteiger partial charge in [-0.05, 0) is 84.3 Å². The van der Waals surface area contributed by atoms with Gasteiger partial charge >= 0.3 is 11.9 Å². The summed E-state index contributed by atoms with van der Waals surface area (Å²) in [5.41, 5.74) is 1.65. The first-order valence-corrected chi connectivity index (χ1v) is 10.6. The van der Waals surface area contributed by atoms with Crippen LogP contribution in [0.25, 0.3) is 0 Å². The molecular weight excluding hydrogens is 352 g/mol. The molecule has 1 N–H and O–H groups in total. The van der Waals surface area contributed by atoms with E-state index in [1.807, 2.05) is 20.8 Å². The van der Waals surface area contributed by atoms with Gasteiger partial charge < -0.3 is 9.84 Å². The molecule has 1 aromatic carbocycles. The van der Waals surface area contributed by atoms with Crippen molar-refractivity contribution in [1.82, 2.24) is 0 Å². The summed E-state index contributed by atoms with van der Waals surface area (Å²) in [6.45, 7) is 9.76. The highest BCUT2D eigenvalue weighted by Gasteiger charge is 2.28. The van der Waals surface area contributed by atoms with Gasteiger partial charge in [0.05, 0.1) is 17.4 Å². The minimum atomic E-state index is -0.719. The highest BCUT2D eigenvalue weighted by molar-refractivity contribution is 5.75. The molecule has 0 heterocycles. The van der Waals surface area contributed by atoms with E-state index in [1.165, 1.54) is 11.1 Å². The van der Waals surface area contributed by atoms with E-state index in [1.54, 1.807) is 13.8 Å². The SMILES string of the molecule is CCOC(=O)C(C)(C)CCCc1ccccc1CCCCCC(C)(C)C(=O)O. The van der Waals surface area contributed by atoms with Crippen molar-refractivity contribution in [3.05, 3.63) is 35.4 Å². The second-order valence-electron chi connectivity index (χ2n) is 8.98. The van der Waals surface area contributed by atoms with Gasteiger partial charge in [0, 0.05) is 0 Å². The molecule has 0 atom stereocenters. The van der Waals surface area contributed by atoms with Crippen LogP contribution in [0.5, 0.6) is 0 Å². The minimum Gasteiger partial charge on any atom is -0.481 e. The molecule has 158 valence electrons. The van der Waals surface area contributed by atoms with Crippen molar-refractivity contribution in [2.45, 2.75) is 86.0 Å². The monoisotopic (exact) mass is 390 g/mol. The smallest absolute Gasteiger partial charge is 0.311 e. The lowest BCUT2D eigenvalue weighted by atomic mass is 9.85. The maximum Gasteiger partial charge on any atom is 0.311 e. The number of ether oxygens (including phenoxy) is 1. The topological polar surface area (TPSA) is 63.6 Å². The highest BCUT2D eigenvalue weighted by Crippen LogP contribution is 2.27. The number of carboxylic acids is 1. The number of esters is 1. The third-order valence-corrected chi connectivity index (χ3v) is 5.52. The summed E-state index contributed by atoms with van der Waals surface area (Å²) < 4.78 is 5.17. The summed E-state index contributed by atoms with van der Waals surface area (Å²) >= 11 is 0. The van der Waals surface area contributed by atoms with Gasteiger partial charge in [0.1, 0.15) is 0 Å². The quantitative estimate of drug-likeness (QED) is 0.341. The number of rotatable bonds is 13. The van der Waals surface area contributed by atoms with Crippen LogP contribution in [0.15, 0.2) is 24.3 Å². The molecule has 0 saturated carbocycles. The van der Waals surface area contributed by atoms with Crippen molar-refractivity contribution in [2.75, 3.05) is 6.61 Å². The standard InChI is InChI=1S/C24H38O4/c1-6-28-22(27)24(4,5)18-12-16-20-15-10-9-14-19(20)13-8-7-11-17-23(2,3)21(25)26/h9-10,14-15H,6-8,11-13,16-18H2,1-5H3,(H,25,26). The number of hydrogen-bond donors (Lipinski definition) is 1. The number of benzene rings is 1. The zero-order valence-electron chi connectivity index (χ0n) is 18.3. The predicted octanol–water partition coefficient (Wildman–Crippen LogP) is 5.81. The van der Waals surface area contributed by atoms with Crippen LogP contribution in [-0.2, 0) is 27.2 Å². The van der Waals surface area contributed by atoms with E-state index in [4.69, 9.17) is 4.74 Å². The first-order valence-electron chi connectivity index (χ1n) is 10.6. The normalized spacial score (nSPS) is 12.0. The van der Waals surface area contributed by atoms with Crippen molar-refractivity contribution in [3.63, 3.8) is 0 Å². The Hall–Kier alpha value is -1.84. The number of aryl methyl sites for hydroxylation is 2. The fourth-order valence-electron chi connectivity index (χ4n) is 3.36. The van der Waals surface area contributed by atoms with Gasteiger partial charge in [-0.15, -0.1) is 0 Å². The van der Waals surface area contributed by atoms with Gasteiger partial charge in [-0.2, -0.15) is 0 Å². The van der Waals surface area contributed by atoms with E-state index < -0.39 is 16.8 Å². The Bertz CT molecular complexity index is 631. The van der Waals surface area contributed by atoms with Gasteiger partial charge in [-0.3, -0.25) is 9.59 Å². The van der Waals surface area contributed by atoms with E-state index in [9.17, 15) is 14.7 Å². The number of aliphatic carboxylic acids is 1. The van der Waals surface area contributed by atoms with Gasteiger partial charge in [0.15, 0.2) is 0 Å². The molecule has 4 heteroatoms. The number of unbranched alkanes of at least 4 members (excludes halogenated alkanes) is 2. The fourth-order valence-corrected chi connectivity index (χ4v) is 3.36. The molecule has 1 rings (SSSR count). The summed E-state index contributed by atoms with van der Waals surface area (Å²) in [7, 11) is 0. The lowest BCUT2D eigenvalue weighted by molar-refractivity contribution is -0.153. The molecule has 0 aliphatic carbocycles. The second-order valence-corrected chi connectivity index (χ2v) is 8.98. The Kier molecular flexibility index (Phi) is 9.71. The van der Waals surface area contributed by atoms with Crippen molar-refractivity contribution in [2.24, 2.45) is 10.8 Å². The van der Waals surface area contributed by atoms with Crippen LogP contribution in [0.2, 0.25) is 0 Å². The Morgan fingerprint density at radius 3 is 1.93 bits per heavy atom. The summed E-state index contributed by atoms with van der Waals surface area (Å²) in [5, 5.41) is 9.19. The van der Waals surface area contributed by atoms with Crippen molar-refractivity contribution >= 4 is 11.9 Å². The van der Waals surface area contributed by atoms with Crippen molar-refractivity contribution in [1.29, 1.82) is 0 Å². The average molecular weight is 391 g/mol. The van der Waals surface area contributed by atoms with Crippen LogP contribution in [-0.4, -0.2) is 23.7 Å². The van der Waals surface area contributed by atoms with Gasteiger partial charge in [0.25, 0.3) is 0 Å². The molecule has 0 aliphatic heterocycles. The van der Waals surface area contributed by atoms with E-state index in [0.29, 0.717) is 13.0 Å². The van der Waals surface area contributed by atoms with Crippen LogP contribution in [0.4, 0.5) is 0 Å². The summed E-state index contributed by atoms with van der Waals surface area (Å²) in [6.07, 6.45) is 7.51. The summed E-state index contributed by atoms with van der Waals surface area (Å²) in [4.78, 5) is 23.2. The summed E-state index contributed by atoms with van der Waals surface area (Å²) in [5.74, 6) is -0.837. The molecule has 0 fully saturated rings. The Morgan fingerprint density at radius 2 is 1.39 bits per heavy atom. The molecule has 0 aliphatic rings. The van der Waals surface area contributed by atoms with Crippen LogP contribution in [0.1, 0.15) is 84.3 Å². The molecule has 0 saturated heterocycles. The molecular formula is C24H38O4. The number of hydrogen-bond acceptors (Lipinski definition) is 3. The molecule has 0 radical (unpaired) electrons. The van der Waals surface area contributed by atoms with Crippen molar-refractivity contribution < 1.29 is 19.4 Å². The van der Waals surface area contributed by atoms with E-state index in [0.717, 1.165) is 44.9 Å². The maximum absolute atomic E-state index is 12.0. The fraction of sp³-hybridized carbons (Fsp3) is 0.667. The first kappa shape index (κ1) is 24.2. The zero-order valence-corrected chi connectivity index (χ0v) is 18.3. The highest BCUT2D eigenvalue weighted by atomic mass is 16.5. The maximum atomic E-state index is 12.0. The predicted molar refractivity (Wildman–Crippen MR) is 113 cm³/mol.